The first-order valence-corrected chi connectivity index (χ1v) is 9.01. The van der Waals surface area contributed by atoms with E-state index in [1.54, 1.807) is 18.7 Å². The van der Waals surface area contributed by atoms with Crippen LogP contribution in [-0.2, 0) is 17.8 Å². The quantitative estimate of drug-likeness (QED) is 0.779. The lowest BCUT2D eigenvalue weighted by Gasteiger charge is -2.15. The topological polar surface area (TPSA) is 38.3 Å². The van der Waals surface area contributed by atoms with E-state index in [4.69, 9.17) is 4.74 Å². The van der Waals surface area contributed by atoms with Gasteiger partial charge in [-0.25, -0.2) is 0 Å². The van der Waals surface area contributed by atoms with Gasteiger partial charge in [0.25, 0.3) is 5.91 Å². The molecule has 1 N–H and O–H groups in total. The number of carbonyl (C=O) groups is 1. The molecule has 122 valence electrons. The van der Waals surface area contributed by atoms with Crippen LogP contribution in [0.5, 0.6) is 5.75 Å². The summed E-state index contributed by atoms with van der Waals surface area (Å²) in [4.78, 5) is 13.3. The van der Waals surface area contributed by atoms with Gasteiger partial charge in [-0.05, 0) is 55.0 Å². The van der Waals surface area contributed by atoms with E-state index in [1.807, 2.05) is 42.7 Å². The highest BCUT2D eigenvalue weighted by Crippen LogP contribution is 2.16. The van der Waals surface area contributed by atoms with Crippen LogP contribution < -0.4 is 10.1 Å². The molecule has 0 radical (unpaired) electrons. The van der Waals surface area contributed by atoms with Crippen molar-refractivity contribution in [2.75, 3.05) is 6.26 Å². The van der Waals surface area contributed by atoms with Crippen LogP contribution in [0, 0.1) is 0 Å². The summed E-state index contributed by atoms with van der Waals surface area (Å²) in [6.07, 6.45) is 2.52. The second-order valence-electron chi connectivity index (χ2n) is 5.32. The number of ether oxygens (including phenoxy) is 1. The first-order chi connectivity index (χ1) is 11.1. The van der Waals surface area contributed by atoms with Crippen LogP contribution in [0.25, 0.3) is 0 Å². The fourth-order valence-corrected chi connectivity index (χ4v) is 2.55. The highest BCUT2D eigenvalue weighted by atomic mass is 32.2. The van der Waals surface area contributed by atoms with Crippen LogP contribution in [0.2, 0.25) is 0 Å². The Morgan fingerprint density at radius 1 is 1.09 bits per heavy atom. The second kappa shape index (κ2) is 8.63. The van der Waals surface area contributed by atoms with Crippen LogP contribution in [0.1, 0.15) is 25.0 Å². The minimum absolute atomic E-state index is 0.112. The lowest BCUT2D eigenvalue weighted by molar-refractivity contribution is -0.127. The molecule has 0 aromatic heterocycles. The van der Waals surface area contributed by atoms with Gasteiger partial charge in [0.15, 0.2) is 6.10 Å². The largest absolute Gasteiger partial charge is 0.481 e. The third kappa shape index (κ3) is 5.32. The molecule has 0 heterocycles. The molecular formula is C19H23NO2S. The molecule has 0 aliphatic rings. The minimum atomic E-state index is -0.520. The third-order valence-electron chi connectivity index (χ3n) is 3.64. The molecule has 0 fully saturated rings. The van der Waals surface area contributed by atoms with E-state index in [2.05, 4.69) is 24.4 Å². The Balaban J connectivity index is 1.83. The Hall–Kier alpha value is -1.94. The van der Waals surface area contributed by atoms with Gasteiger partial charge in [0.2, 0.25) is 0 Å². The van der Waals surface area contributed by atoms with Gasteiger partial charge in [0.1, 0.15) is 5.75 Å². The maximum atomic E-state index is 12.1. The van der Waals surface area contributed by atoms with Crippen molar-refractivity contribution in [2.24, 2.45) is 0 Å². The zero-order valence-electron chi connectivity index (χ0n) is 13.8. The Morgan fingerprint density at radius 3 is 2.26 bits per heavy atom. The highest BCUT2D eigenvalue weighted by Gasteiger charge is 2.14. The van der Waals surface area contributed by atoms with E-state index in [0.717, 1.165) is 12.0 Å². The molecule has 2 aromatic carbocycles. The van der Waals surface area contributed by atoms with Crippen LogP contribution in [0.3, 0.4) is 0 Å². The second-order valence-corrected chi connectivity index (χ2v) is 6.20. The minimum Gasteiger partial charge on any atom is -0.481 e. The summed E-state index contributed by atoms with van der Waals surface area (Å²) in [6, 6.07) is 16.0. The maximum Gasteiger partial charge on any atom is 0.261 e. The van der Waals surface area contributed by atoms with Gasteiger partial charge in [0, 0.05) is 11.4 Å². The van der Waals surface area contributed by atoms with Gasteiger partial charge in [-0.2, -0.15) is 0 Å². The number of benzene rings is 2. The van der Waals surface area contributed by atoms with E-state index in [-0.39, 0.29) is 5.91 Å². The van der Waals surface area contributed by atoms with Crippen molar-refractivity contribution < 1.29 is 9.53 Å². The van der Waals surface area contributed by atoms with Crippen molar-refractivity contribution in [1.82, 2.24) is 5.32 Å². The molecule has 2 aromatic rings. The molecule has 4 heteroatoms. The summed E-state index contributed by atoms with van der Waals surface area (Å²) in [7, 11) is 0. The number of amides is 1. The molecule has 0 aliphatic heterocycles. The molecular weight excluding hydrogens is 306 g/mol. The van der Waals surface area contributed by atoms with Crippen LogP contribution in [0.4, 0.5) is 0 Å². The fraction of sp³-hybridized carbons (Fsp3) is 0.316. The summed E-state index contributed by atoms with van der Waals surface area (Å²) < 4.78 is 5.69. The molecule has 0 saturated heterocycles. The summed E-state index contributed by atoms with van der Waals surface area (Å²) in [5.41, 5.74) is 2.33. The molecule has 0 saturated carbocycles. The first-order valence-electron chi connectivity index (χ1n) is 7.78. The Kier molecular flexibility index (Phi) is 6.53. The molecule has 0 bridgehead atoms. The van der Waals surface area contributed by atoms with E-state index >= 15 is 0 Å². The van der Waals surface area contributed by atoms with Gasteiger partial charge < -0.3 is 10.1 Å². The van der Waals surface area contributed by atoms with Crippen molar-refractivity contribution in [3.05, 3.63) is 59.7 Å². The Morgan fingerprint density at radius 2 is 1.70 bits per heavy atom. The number of nitrogens with one attached hydrogen (secondary N) is 1. The number of hydrogen-bond donors (Lipinski definition) is 1. The average molecular weight is 329 g/mol. The summed E-state index contributed by atoms with van der Waals surface area (Å²) in [5.74, 6) is 0.604. The lowest BCUT2D eigenvalue weighted by Crippen LogP contribution is -2.35. The molecule has 23 heavy (non-hydrogen) atoms. The SMILES string of the molecule is CCc1ccc(OC(C)C(=O)NCc2ccc(SC)cc2)cc1. The zero-order valence-corrected chi connectivity index (χ0v) is 14.7. The average Bonchev–Trinajstić information content (AvgIpc) is 2.60. The molecule has 2 rings (SSSR count). The number of aryl methyl sites for hydroxylation is 1. The van der Waals surface area contributed by atoms with E-state index in [0.29, 0.717) is 12.3 Å². The van der Waals surface area contributed by atoms with Gasteiger partial charge in [-0.15, -0.1) is 11.8 Å². The number of rotatable bonds is 7. The van der Waals surface area contributed by atoms with Gasteiger partial charge >= 0.3 is 0 Å². The first kappa shape index (κ1) is 17.4. The van der Waals surface area contributed by atoms with Crippen molar-refractivity contribution >= 4 is 17.7 Å². The smallest absolute Gasteiger partial charge is 0.261 e. The van der Waals surface area contributed by atoms with Crippen molar-refractivity contribution in [3.63, 3.8) is 0 Å². The van der Waals surface area contributed by atoms with Gasteiger partial charge in [-0.1, -0.05) is 31.2 Å². The number of hydrogen-bond acceptors (Lipinski definition) is 3. The van der Waals surface area contributed by atoms with E-state index < -0.39 is 6.10 Å². The predicted octanol–water partition coefficient (Wildman–Crippen LogP) is 4.05. The monoisotopic (exact) mass is 329 g/mol. The molecule has 3 nitrogen and oxygen atoms in total. The highest BCUT2D eigenvalue weighted by molar-refractivity contribution is 7.98. The van der Waals surface area contributed by atoms with Gasteiger partial charge in [0.05, 0.1) is 0 Å². The fourth-order valence-electron chi connectivity index (χ4n) is 2.14. The normalized spacial score (nSPS) is 11.8. The molecule has 0 aliphatic carbocycles. The summed E-state index contributed by atoms with van der Waals surface area (Å²) in [6.45, 7) is 4.38. The predicted molar refractivity (Wildman–Crippen MR) is 96.0 cm³/mol. The maximum absolute atomic E-state index is 12.1. The summed E-state index contributed by atoms with van der Waals surface area (Å²) >= 11 is 1.70. The summed E-state index contributed by atoms with van der Waals surface area (Å²) in [5, 5.41) is 2.91. The zero-order chi connectivity index (χ0) is 16.7. The number of carbonyl (C=O) groups excluding carboxylic acids is 1. The van der Waals surface area contributed by atoms with Crippen LogP contribution in [0.15, 0.2) is 53.4 Å². The Labute approximate surface area is 142 Å². The van der Waals surface area contributed by atoms with Crippen molar-refractivity contribution in [2.45, 2.75) is 37.8 Å². The molecule has 1 unspecified atom stereocenters. The van der Waals surface area contributed by atoms with E-state index in [9.17, 15) is 4.79 Å². The Bertz CT molecular complexity index is 623. The van der Waals surface area contributed by atoms with Crippen molar-refractivity contribution in [3.8, 4) is 5.75 Å². The lowest BCUT2D eigenvalue weighted by atomic mass is 10.2. The van der Waals surface area contributed by atoms with Crippen LogP contribution in [-0.4, -0.2) is 18.3 Å². The van der Waals surface area contributed by atoms with E-state index in [1.165, 1.54) is 10.5 Å². The standard InChI is InChI=1S/C19H23NO2S/c1-4-15-5-9-17(10-6-15)22-14(2)19(21)20-13-16-7-11-18(23-3)12-8-16/h5-12,14H,4,13H2,1-3H3,(H,20,21). The van der Waals surface area contributed by atoms with Crippen molar-refractivity contribution in [1.29, 1.82) is 0 Å². The van der Waals surface area contributed by atoms with Crippen LogP contribution >= 0.6 is 11.8 Å². The number of thioether (sulfide) groups is 1. The molecule has 1 amide bonds. The van der Waals surface area contributed by atoms with Gasteiger partial charge in [-0.3, -0.25) is 4.79 Å². The third-order valence-corrected chi connectivity index (χ3v) is 4.38. The molecule has 1 atom stereocenters. The molecule has 0 spiro atoms.